The molecule has 3 rings (SSSR count). The van der Waals surface area contributed by atoms with Crippen molar-refractivity contribution in [2.45, 2.75) is 13.3 Å². The molecule has 0 radical (unpaired) electrons. The summed E-state index contributed by atoms with van der Waals surface area (Å²) in [6, 6.07) is 15.7. The lowest BCUT2D eigenvalue weighted by molar-refractivity contribution is -0.117. The van der Waals surface area contributed by atoms with Gasteiger partial charge in [0.05, 0.1) is 10.6 Å². The molecule has 2 heterocycles. The number of para-hydroxylation sites is 1. The zero-order valence-corrected chi connectivity index (χ0v) is 17.0. The van der Waals surface area contributed by atoms with E-state index in [2.05, 4.69) is 5.32 Å². The quantitative estimate of drug-likeness (QED) is 0.330. The van der Waals surface area contributed by atoms with Gasteiger partial charge in [0.1, 0.15) is 17.3 Å². The van der Waals surface area contributed by atoms with Gasteiger partial charge in [-0.05, 0) is 43.0 Å². The van der Waals surface area contributed by atoms with Gasteiger partial charge < -0.3 is 10.1 Å². The van der Waals surface area contributed by atoms with Crippen LogP contribution in [0.1, 0.15) is 18.9 Å². The van der Waals surface area contributed by atoms with Gasteiger partial charge in [-0.3, -0.25) is 4.79 Å². The number of carbonyl (C=O) groups is 1. The lowest BCUT2D eigenvalue weighted by atomic mass is 10.1. The number of ether oxygens (including phenoxy) is 1. The van der Waals surface area contributed by atoms with Crippen molar-refractivity contribution >= 4 is 23.3 Å². The van der Waals surface area contributed by atoms with Crippen LogP contribution in [-0.4, -0.2) is 35.4 Å². The maximum absolute atomic E-state index is 12.4. The molecule has 1 N–H and O–H groups in total. The Balaban J connectivity index is 1.86. The van der Waals surface area contributed by atoms with E-state index in [1.54, 1.807) is 22.1 Å². The summed E-state index contributed by atoms with van der Waals surface area (Å²) in [5.74, 6) is -0.395. The average molecular weight is 407 g/mol. The molecule has 29 heavy (non-hydrogen) atoms. The van der Waals surface area contributed by atoms with E-state index in [-0.39, 0.29) is 5.57 Å². The van der Waals surface area contributed by atoms with Crippen molar-refractivity contribution in [2.24, 2.45) is 0 Å². The highest BCUT2D eigenvalue weighted by molar-refractivity contribution is 7.13. The van der Waals surface area contributed by atoms with E-state index >= 15 is 0 Å². The minimum atomic E-state index is -0.395. The molecule has 1 amide bonds. The number of thiophene rings is 1. The summed E-state index contributed by atoms with van der Waals surface area (Å²) in [4.78, 5) is 13.4. The first kappa shape index (κ1) is 20.5. The molecule has 0 unspecified atom stereocenters. The van der Waals surface area contributed by atoms with Crippen molar-refractivity contribution in [3.05, 3.63) is 65.2 Å². The lowest BCUT2D eigenvalue weighted by Gasteiger charge is -2.04. The highest BCUT2D eigenvalue weighted by atomic mass is 32.1. The van der Waals surface area contributed by atoms with Gasteiger partial charge in [0.25, 0.3) is 5.91 Å². The van der Waals surface area contributed by atoms with Crippen molar-refractivity contribution in [2.75, 3.05) is 19.8 Å². The van der Waals surface area contributed by atoms with Crippen LogP contribution in [0.5, 0.6) is 0 Å². The number of nitrogens with zero attached hydrogens (tertiary/aromatic N) is 3. The first-order valence-electron chi connectivity index (χ1n) is 9.39. The number of aromatic nitrogens is 2. The van der Waals surface area contributed by atoms with Gasteiger partial charge in [-0.25, -0.2) is 4.68 Å². The van der Waals surface area contributed by atoms with Crippen LogP contribution in [0, 0.1) is 11.3 Å². The molecule has 0 fully saturated rings. The van der Waals surface area contributed by atoms with Gasteiger partial charge in [0, 0.05) is 31.5 Å². The fourth-order valence-electron chi connectivity index (χ4n) is 2.73. The van der Waals surface area contributed by atoms with Gasteiger partial charge >= 0.3 is 0 Å². The first-order chi connectivity index (χ1) is 14.2. The third-order valence-electron chi connectivity index (χ3n) is 4.14. The number of benzene rings is 1. The number of carbonyl (C=O) groups excluding carboxylic acids is 1. The number of rotatable bonds is 9. The Labute approximate surface area is 174 Å². The maximum atomic E-state index is 12.4. The molecule has 0 aliphatic heterocycles. The van der Waals surface area contributed by atoms with Crippen LogP contribution in [0.4, 0.5) is 0 Å². The molecular weight excluding hydrogens is 384 g/mol. The van der Waals surface area contributed by atoms with Crippen molar-refractivity contribution < 1.29 is 9.53 Å². The Morgan fingerprint density at radius 3 is 2.83 bits per heavy atom. The molecule has 3 aromatic rings. The zero-order valence-electron chi connectivity index (χ0n) is 16.2. The van der Waals surface area contributed by atoms with E-state index in [1.807, 2.05) is 67.0 Å². The highest BCUT2D eigenvalue weighted by Crippen LogP contribution is 2.29. The summed E-state index contributed by atoms with van der Waals surface area (Å²) in [6.45, 7) is 3.61. The van der Waals surface area contributed by atoms with Gasteiger partial charge in [-0.15, -0.1) is 11.3 Å². The summed E-state index contributed by atoms with van der Waals surface area (Å²) in [5, 5.41) is 18.9. The number of amides is 1. The molecule has 0 atom stereocenters. The third kappa shape index (κ3) is 5.41. The Morgan fingerprint density at radius 2 is 2.14 bits per heavy atom. The zero-order chi connectivity index (χ0) is 20.5. The number of nitrogens with one attached hydrogen (secondary N) is 1. The van der Waals surface area contributed by atoms with Crippen LogP contribution in [0.2, 0.25) is 0 Å². The highest BCUT2D eigenvalue weighted by Gasteiger charge is 2.15. The van der Waals surface area contributed by atoms with E-state index in [4.69, 9.17) is 9.84 Å². The predicted octanol–water partition coefficient (Wildman–Crippen LogP) is 4.05. The van der Waals surface area contributed by atoms with Crippen LogP contribution in [0.25, 0.3) is 22.3 Å². The summed E-state index contributed by atoms with van der Waals surface area (Å²) >= 11 is 1.56. The second-order valence-corrected chi connectivity index (χ2v) is 7.11. The Bertz CT molecular complexity index is 1000. The van der Waals surface area contributed by atoms with Crippen molar-refractivity contribution in [3.8, 4) is 22.3 Å². The Morgan fingerprint density at radius 1 is 1.31 bits per heavy atom. The van der Waals surface area contributed by atoms with E-state index < -0.39 is 5.91 Å². The number of nitriles is 1. The molecular formula is C22H22N4O2S. The molecule has 0 spiro atoms. The third-order valence-corrected chi connectivity index (χ3v) is 5.01. The molecule has 0 saturated carbocycles. The van der Waals surface area contributed by atoms with Gasteiger partial charge in [0.2, 0.25) is 0 Å². The number of hydrogen-bond donors (Lipinski definition) is 1. The van der Waals surface area contributed by atoms with Crippen LogP contribution >= 0.6 is 11.3 Å². The number of hydrogen-bond acceptors (Lipinski definition) is 5. The average Bonchev–Trinajstić information content (AvgIpc) is 3.42. The van der Waals surface area contributed by atoms with E-state index in [0.717, 1.165) is 21.8 Å². The van der Waals surface area contributed by atoms with Crippen LogP contribution in [0.15, 0.2) is 59.6 Å². The summed E-state index contributed by atoms with van der Waals surface area (Å²) in [6.07, 6.45) is 4.13. The summed E-state index contributed by atoms with van der Waals surface area (Å²) in [7, 11) is 0. The second kappa shape index (κ2) is 10.4. The molecule has 0 aliphatic rings. The molecule has 7 heteroatoms. The van der Waals surface area contributed by atoms with Gasteiger partial charge in [-0.1, -0.05) is 24.3 Å². The molecule has 1 aromatic carbocycles. The minimum absolute atomic E-state index is 0.0480. The summed E-state index contributed by atoms with van der Waals surface area (Å²) in [5.41, 5.74) is 2.41. The molecule has 6 nitrogen and oxygen atoms in total. The Kier molecular flexibility index (Phi) is 7.34. The first-order valence-corrected chi connectivity index (χ1v) is 10.3. The van der Waals surface area contributed by atoms with Crippen LogP contribution in [-0.2, 0) is 9.53 Å². The van der Waals surface area contributed by atoms with Gasteiger partial charge in [0.15, 0.2) is 0 Å². The summed E-state index contributed by atoms with van der Waals surface area (Å²) < 4.78 is 7.02. The minimum Gasteiger partial charge on any atom is -0.382 e. The molecule has 0 aliphatic carbocycles. The van der Waals surface area contributed by atoms with E-state index in [9.17, 15) is 10.1 Å². The van der Waals surface area contributed by atoms with E-state index in [1.165, 1.54) is 0 Å². The normalized spacial score (nSPS) is 11.2. The lowest BCUT2D eigenvalue weighted by Crippen LogP contribution is -2.26. The fraction of sp³-hybridized carbons (Fsp3) is 0.227. The topological polar surface area (TPSA) is 79.9 Å². The van der Waals surface area contributed by atoms with E-state index in [0.29, 0.717) is 26.2 Å². The smallest absolute Gasteiger partial charge is 0.261 e. The monoisotopic (exact) mass is 406 g/mol. The standard InChI is InChI=1S/C22H22N4O2S/c1-2-28-12-7-11-24-22(27)17(15-23)14-18-16-26(19-8-4-3-5-9-19)25-21(18)20-10-6-13-29-20/h3-6,8-10,13-14,16H,2,7,11-12H2,1H3,(H,24,27)/b17-14-. The second-order valence-electron chi connectivity index (χ2n) is 6.17. The van der Waals surface area contributed by atoms with Crippen LogP contribution in [0.3, 0.4) is 0 Å². The predicted molar refractivity (Wildman–Crippen MR) is 115 cm³/mol. The largest absolute Gasteiger partial charge is 0.382 e. The molecule has 0 saturated heterocycles. The van der Waals surface area contributed by atoms with Crippen molar-refractivity contribution in [3.63, 3.8) is 0 Å². The van der Waals surface area contributed by atoms with Crippen molar-refractivity contribution in [1.29, 1.82) is 5.26 Å². The maximum Gasteiger partial charge on any atom is 0.261 e. The Hall–Kier alpha value is -3.21. The fourth-order valence-corrected chi connectivity index (χ4v) is 3.46. The molecule has 148 valence electrons. The van der Waals surface area contributed by atoms with Gasteiger partial charge in [-0.2, -0.15) is 10.4 Å². The SMILES string of the molecule is CCOCCCNC(=O)/C(C#N)=C\c1cn(-c2ccccc2)nc1-c1cccs1. The van der Waals surface area contributed by atoms with Crippen LogP contribution < -0.4 is 5.32 Å². The van der Waals surface area contributed by atoms with Crippen molar-refractivity contribution in [1.82, 2.24) is 15.1 Å². The molecule has 2 aromatic heterocycles. The molecule has 0 bridgehead atoms.